The molecule has 7 heterocycles. The minimum atomic E-state index is -0.923. The van der Waals surface area contributed by atoms with Crippen molar-refractivity contribution < 1.29 is 29.1 Å². The number of unbranched alkanes of at least 4 members (excludes halogenated alkanes) is 1. The predicted octanol–water partition coefficient (Wildman–Crippen LogP) is 5.27. The van der Waals surface area contributed by atoms with E-state index in [0.29, 0.717) is 69.9 Å². The number of nitrogens with one attached hydrogen (secondary N) is 3. The lowest BCUT2D eigenvalue weighted by atomic mass is 9.80. The fourth-order valence-corrected chi connectivity index (χ4v) is 11.4. The average molecular weight is 972 g/mol. The number of thiazole rings is 1. The molecule has 17 nitrogen and oxygen atoms in total. The monoisotopic (exact) mass is 971 g/mol. The fourth-order valence-electron chi connectivity index (χ4n) is 10.6. The number of anilines is 1. The molecule has 1 aromatic carbocycles. The highest BCUT2D eigenvalue weighted by atomic mass is 32.1. The first-order valence-electron chi connectivity index (χ1n) is 24.8. The van der Waals surface area contributed by atoms with E-state index >= 15 is 0 Å². The first-order chi connectivity index (χ1) is 33.7. The van der Waals surface area contributed by atoms with Gasteiger partial charge in [0.25, 0.3) is 5.91 Å². The summed E-state index contributed by atoms with van der Waals surface area (Å²) in [5.41, 5.74) is 7.23. The summed E-state index contributed by atoms with van der Waals surface area (Å²) in [6.07, 6.45) is 10.4. The number of aliphatic hydroxyl groups is 1. The zero-order chi connectivity index (χ0) is 49.2. The highest BCUT2D eigenvalue weighted by Crippen LogP contribution is 2.40. The smallest absolute Gasteiger partial charge is 0.268 e. The number of piperazine rings is 1. The number of nitrogens with zero attached hydrogens (tertiary/aromatic N) is 8. The van der Waals surface area contributed by atoms with Crippen molar-refractivity contribution in [3.8, 4) is 10.4 Å². The second-order valence-corrected chi connectivity index (χ2v) is 21.5. The first kappa shape index (κ1) is 48.7. The number of aryl methyl sites for hydroxylation is 1. The number of benzene rings is 1. The quantitative estimate of drug-likeness (QED) is 0.106. The number of hydrogen-bond donors (Lipinski definition) is 4. The van der Waals surface area contributed by atoms with E-state index in [9.17, 15) is 29.1 Å². The van der Waals surface area contributed by atoms with Crippen LogP contribution in [0.15, 0.2) is 60.4 Å². The molecule has 3 atom stereocenters. The van der Waals surface area contributed by atoms with Crippen LogP contribution in [0.3, 0.4) is 0 Å². The van der Waals surface area contributed by atoms with Gasteiger partial charge in [0.1, 0.15) is 29.2 Å². The van der Waals surface area contributed by atoms with Crippen molar-refractivity contribution in [1.29, 1.82) is 0 Å². The third-order valence-electron chi connectivity index (χ3n) is 14.6. The summed E-state index contributed by atoms with van der Waals surface area (Å²) in [6.45, 7) is 10.9. The number of carbonyl (C=O) groups excluding carboxylic acids is 5. The fraction of sp³-hybridized carbons (Fsp3) is 0.519. The molecule has 0 unspecified atom stereocenters. The van der Waals surface area contributed by atoms with Crippen LogP contribution in [0.4, 0.5) is 5.69 Å². The number of hydrogen-bond acceptors (Lipinski definition) is 12. The van der Waals surface area contributed by atoms with Crippen LogP contribution >= 0.6 is 11.3 Å². The zero-order valence-electron chi connectivity index (χ0n) is 40.7. The maximum atomic E-state index is 14.1. The summed E-state index contributed by atoms with van der Waals surface area (Å²) in [5, 5.41) is 20.5. The van der Waals surface area contributed by atoms with Crippen molar-refractivity contribution >= 4 is 57.6 Å². The average Bonchev–Trinajstić information content (AvgIpc) is 4.09. The zero-order valence-corrected chi connectivity index (χ0v) is 41.5. The van der Waals surface area contributed by atoms with Gasteiger partial charge < -0.3 is 40.3 Å². The standard InChI is InChI=1S/C52H65N11O6S/c1-33-45(70-32-57-33)35-14-12-34(13-15-35)27-55-48(67)40-26-39(64)30-62(40)50(69)46(51(2,3)4)59-43(65)10-6-7-11-44(66)61-22-20-60(21-23-61)38-17-16-37(53-29-38)25-42-54-28-36-24-41-49(68)56-31-52(18-8-5-9-19-52)63(41)47(36)58-42/h12-17,24,28-29,32,39-40,46,64H,5-11,18-23,25-27,30-31H2,1-4H3,(H,55,67)(H,56,68)(H,59,65)/t39-,40+,46-/m1/s1. The molecular weight excluding hydrogens is 907 g/mol. The lowest BCUT2D eigenvalue weighted by Gasteiger charge is -2.42. The van der Waals surface area contributed by atoms with Crippen LogP contribution < -0.4 is 20.9 Å². The Morgan fingerprint density at radius 1 is 0.943 bits per heavy atom. The molecule has 1 spiro atoms. The second kappa shape index (κ2) is 20.6. The Labute approximate surface area is 412 Å². The van der Waals surface area contributed by atoms with E-state index in [1.165, 1.54) is 11.3 Å². The number of rotatable bonds is 14. The van der Waals surface area contributed by atoms with E-state index in [0.717, 1.165) is 69.8 Å². The van der Waals surface area contributed by atoms with E-state index in [4.69, 9.17) is 9.97 Å². The number of fused-ring (bicyclic) bond motifs is 4. The number of likely N-dealkylation sites (tertiary alicyclic amines) is 1. The number of aliphatic hydroxyl groups excluding tert-OH is 1. The van der Waals surface area contributed by atoms with Gasteiger partial charge in [-0.15, -0.1) is 11.3 Å². The highest BCUT2D eigenvalue weighted by molar-refractivity contribution is 7.13. The molecule has 3 fully saturated rings. The van der Waals surface area contributed by atoms with Crippen molar-refractivity contribution in [2.45, 2.75) is 129 Å². The first-order valence-corrected chi connectivity index (χ1v) is 25.7. The van der Waals surface area contributed by atoms with Crippen molar-refractivity contribution in [2.24, 2.45) is 5.41 Å². The number of carbonyl (C=O) groups is 5. The van der Waals surface area contributed by atoms with Crippen molar-refractivity contribution in [1.82, 2.24) is 50.3 Å². The van der Waals surface area contributed by atoms with Crippen LogP contribution in [0, 0.1) is 12.3 Å². The maximum Gasteiger partial charge on any atom is 0.268 e. The molecule has 5 aromatic rings. The molecule has 0 bridgehead atoms. The van der Waals surface area contributed by atoms with Gasteiger partial charge in [0, 0.05) is 82.4 Å². The molecule has 0 radical (unpaired) electrons. The summed E-state index contributed by atoms with van der Waals surface area (Å²) in [4.78, 5) is 92.4. The summed E-state index contributed by atoms with van der Waals surface area (Å²) >= 11 is 1.58. The Hall–Kier alpha value is -6.27. The summed E-state index contributed by atoms with van der Waals surface area (Å²) in [6, 6.07) is 12.1. The normalized spacial score (nSPS) is 19.5. The molecular formula is C52H65N11O6S. The van der Waals surface area contributed by atoms with Gasteiger partial charge in [-0.25, -0.2) is 15.0 Å². The molecule has 1 aliphatic carbocycles. The molecule has 2 saturated heterocycles. The third kappa shape index (κ3) is 10.6. The van der Waals surface area contributed by atoms with Gasteiger partial charge >= 0.3 is 0 Å². The van der Waals surface area contributed by atoms with Crippen molar-refractivity contribution in [3.63, 3.8) is 0 Å². The molecule has 1 saturated carbocycles. The number of β-amino-alcohol motifs (C(OH)–C–C–N with tert-alkyl or cyclic N) is 1. The van der Waals surface area contributed by atoms with E-state index in [2.05, 4.69) is 41.5 Å². The Bertz CT molecular complexity index is 2720. The van der Waals surface area contributed by atoms with Crippen LogP contribution in [0.25, 0.3) is 21.5 Å². The minimum absolute atomic E-state index is 0.00314. The molecule has 70 heavy (non-hydrogen) atoms. The summed E-state index contributed by atoms with van der Waals surface area (Å²) in [7, 11) is 0. The second-order valence-electron chi connectivity index (χ2n) is 20.6. The van der Waals surface area contributed by atoms with Gasteiger partial charge in [-0.3, -0.25) is 29.0 Å². The van der Waals surface area contributed by atoms with Gasteiger partial charge in [-0.2, -0.15) is 0 Å². The van der Waals surface area contributed by atoms with Crippen molar-refractivity contribution in [3.05, 3.63) is 88.8 Å². The summed E-state index contributed by atoms with van der Waals surface area (Å²) in [5.74, 6) is -0.421. The molecule has 5 amide bonds. The summed E-state index contributed by atoms with van der Waals surface area (Å²) < 4.78 is 2.19. The third-order valence-corrected chi connectivity index (χ3v) is 15.5. The molecule has 370 valence electrons. The van der Waals surface area contributed by atoms with Crippen molar-refractivity contribution in [2.75, 3.05) is 44.2 Å². The molecule has 4 N–H and O–H groups in total. The Kier molecular flexibility index (Phi) is 14.3. The molecule has 18 heteroatoms. The number of amides is 5. The Morgan fingerprint density at radius 3 is 2.40 bits per heavy atom. The van der Waals surface area contributed by atoms with E-state index < -0.39 is 29.5 Å². The van der Waals surface area contributed by atoms with Crippen LogP contribution in [-0.4, -0.2) is 126 Å². The number of pyridine rings is 1. The Morgan fingerprint density at radius 2 is 1.70 bits per heavy atom. The molecule has 4 aliphatic rings. The molecule has 4 aromatic heterocycles. The molecule has 3 aliphatic heterocycles. The maximum absolute atomic E-state index is 14.1. The van der Waals surface area contributed by atoms with Crippen LogP contribution in [0.5, 0.6) is 0 Å². The van der Waals surface area contributed by atoms with Crippen LogP contribution in [-0.2, 0) is 37.7 Å². The lowest BCUT2D eigenvalue weighted by molar-refractivity contribution is -0.144. The van der Waals surface area contributed by atoms with E-state index in [1.807, 2.05) is 86.9 Å². The topological polar surface area (TPSA) is 208 Å². The van der Waals surface area contributed by atoms with Gasteiger partial charge in [0.2, 0.25) is 23.6 Å². The van der Waals surface area contributed by atoms with E-state index in [1.54, 1.807) is 11.3 Å². The van der Waals surface area contributed by atoms with Gasteiger partial charge in [-0.05, 0) is 67.3 Å². The van der Waals surface area contributed by atoms with Crippen LogP contribution in [0.2, 0.25) is 0 Å². The van der Waals surface area contributed by atoms with E-state index in [-0.39, 0.29) is 55.1 Å². The largest absolute Gasteiger partial charge is 0.391 e. The highest BCUT2D eigenvalue weighted by Gasteiger charge is 2.45. The van der Waals surface area contributed by atoms with Gasteiger partial charge in [-0.1, -0.05) is 64.3 Å². The Balaban J connectivity index is 0.710. The molecule has 9 rings (SSSR count). The van der Waals surface area contributed by atoms with Gasteiger partial charge in [0.05, 0.1) is 46.0 Å². The minimum Gasteiger partial charge on any atom is -0.391 e. The van der Waals surface area contributed by atoms with Gasteiger partial charge in [0.15, 0.2) is 0 Å². The lowest BCUT2D eigenvalue weighted by Crippen LogP contribution is -2.57. The predicted molar refractivity (Wildman–Crippen MR) is 267 cm³/mol. The number of aromatic nitrogens is 5. The van der Waals surface area contributed by atoms with Crippen LogP contribution in [0.1, 0.15) is 118 Å². The SMILES string of the molecule is Cc1ncsc1-c1ccc(CNC(=O)[C@@H]2C[C@@H](O)CN2C(=O)[C@@H](NC(=O)CCCCC(=O)N2CCN(c3ccc(Cc4ncc5cc6n(c5n4)C4(CCCCC4)CNC6=O)nc3)CC2)C(C)(C)C)cc1.